The molecular weight excluding hydrogens is 370 g/mol. The number of hydrogen-bond donors (Lipinski definition) is 1. The quantitative estimate of drug-likeness (QED) is 0.372. The molecule has 3 rings (SSSR count). The van der Waals surface area contributed by atoms with Crippen molar-refractivity contribution >= 4 is 16.9 Å². The number of para-hydroxylation sites is 2. The normalized spacial score (nSPS) is 11.1. The van der Waals surface area contributed by atoms with Crippen LogP contribution < -0.4 is 5.32 Å². The van der Waals surface area contributed by atoms with Gasteiger partial charge in [0.25, 0.3) is 5.91 Å². The van der Waals surface area contributed by atoms with Crippen molar-refractivity contribution in [3.8, 4) is 0 Å². The van der Waals surface area contributed by atoms with Gasteiger partial charge in [-0.2, -0.15) is 0 Å². The van der Waals surface area contributed by atoms with Gasteiger partial charge < -0.3 is 9.88 Å². The number of aromatic nitrogens is 2. The van der Waals surface area contributed by atoms with Crippen molar-refractivity contribution in [2.45, 2.75) is 71.8 Å². The summed E-state index contributed by atoms with van der Waals surface area (Å²) in [6.07, 6.45) is 9.23. The van der Waals surface area contributed by atoms with E-state index in [1.807, 2.05) is 31.2 Å². The topological polar surface area (TPSA) is 46.9 Å². The van der Waals surface area contributed by atoms with Crippen molar-refractivity contribution in [1.29, 1.82) is 0 Å². The fourth-order valence-electron chi connectivity index (χ4n) is 3.94. The number of rotatable bonds is 12. The van der Waals surface area contributed by atoms with Crippen LogP contribution in [0.4, 0.5) is 0 Å². The molecule has 3 aromatic rings. The second-order valence-corrected chi connectivity index (χ2v) is 8.17. The number of amides is 1. The number of fused-ring (bicyclic) bond motifs is 1. The Balaban J connectivity index is 1.45. The Morgan fingerprint density at radius 2 is 1.80 bits per heavy atom. The van der Waals surface area contributed by atoms with Gasteiger partial charge in [0.1, 0.15) is 5.82 Å². The summed E-state index contributed by atoms with van der Waals surface area (Å²) in [4.78, 5) is 17.1. The van der Waals surface area contributed by atoms with E-state index in [-0.39, 0.29) is 5.91 Å². The molecule has 1 aromatic heterocycles. The van der Waals surface area contributed by atoms with Gasteiger partial charge in [0.15, 0.2) is 0 Å². The van der Waals surface area contributed by atoms with Gasteiger partial charge in [-0.1, -0.05) is 62.4 Å². The molecule has 0 aliphatic rings. The molecule has 0 saturated carbocycles. The van der Waals surface area contributed by atoms with Crippen molar-refractivity contribution in [2.75, 3.05) is 6.54 Å². The zero-order valence-electron chi connectivity index (χ0n) is 18.5. The predicted octanol–water partition coefficient (Wildman–Crippen LogP) is 6.07. The molecule has 0 unspecified atom stereocenters. The number of carbonyl (C=O) groups excluding carboxylic acids is 1. The number of hydrogen-bond acceptors (Lipinski definition) is 2. The van der Waals surface area contributed by atoms with Crippen LogP contribution in [0.5, 0.6) is 0 Å². The Morgan fingerprint density at radius 3 is 2.63 bits per heavy atom. The van der Waals surface area contributed by atoms with E-state index >= 15 is 0 Å². The van der Waals surface area contributed by atoms with Gasteiger partial charge in [0.05, 0.1) is 11.0 Å². The van der Waals surface area contributed by atoms with E-state index in [1.165, 1.54) is 37.0 Å². The molecule has 2 aromatic carbocycles. The molecule has 0 saturated heterocycles. The number of carbonyl (C=O) groups is 1. The largest absolute Gasteiger partial charge is 0.352 e. The molecular formula is C26H35N3O. The van der Waals surface area contributed by atoms with E-state index in [1.54, 1.807) is 0 Å². The molecule has 4 nitrogen and oxygen atoms in total. The SMILES string of the molecule is CCCCCCn1c(CCCCCNC(=O)c2cccc(C)c2)nc2ccccc21. The number of aryl methyl sites for hydroxylation is 3. The fraction of sp³-hybridized carbons (Fsp3) is 0.462. The molecule has 0 bridgehead atoms. The molecule has 0 aliphatic carbocycles. The maximum atomic E-state index is 12.2. The van der Waals surface area contributed by atoms with Crippen LogP contribution in [0.3, 0.4) is 0 Å². The van der Waals surface area contributed by atoms with Crippen LogP contribution in [0.25, 0.3) is 11.0 Å². The van der Waals surface area contributed by atoms with E-state index in [4.69, 9.17) is 4.98 Å². The van der Waals surface area contributed by atoms with Gasteiger partial charge in [-0.25, -0.2) is 4.98 Å². The highest BCUT2D eigenvalue weighted by Gasteiger charge is 2.10. The van der Waals surface area contributed by atoms with Crippen molar-refractivity contribution in [3.05, 3.63) is 65.5 Å². The van der Waals surface area contributed by atoms with Crippen molar-refractivity contribution in [1.82, 2.24) is 14.9 Å². The van der Waals surface area contributed by atoms with Gasteiger partial charge in [-0.3, -0.25) is 4.79 Å². The van der Waals surface area contributed by atoms with Gasteiger partial charge >= 0.3 is 0 Å². The van der Waals surface area contributed by atoms with E-state index in [0.29, 0.717) is 0 Å². The van der Waals surface area contributed by atoms with Crippen LogP contribution in [-0.4, -0.2) is 22.0 Å². The Morgan fingerprint density at radius 1 is 0.967 bits per heavy atom. The third-order valence-corrected chi connectivity index (χ3v) is 5.61. The molecule has 30 heavy (non-hydrogen) atoms. The zero-order chi connectivity index (χ0) is 21.2. The fourth-order valence-corrected chi connectivity index (χ4v) is 3.94. The first kappa shape index (κ1) is 22.1. The third kappa shape index (κ3) is 6.19. The monoisotopic (exact) mass is 405 g/mol. The predicted molar refractivity (Wildman–Crippen MR) is 125 cm³/mol. The second-order valence-electron chi connectivity index (χ2n) is 8.17. The third-order valence-electron chi connectivity index (χ3n) is 5.61. The molecule has 0 spiro atoms. The lowest BCUT2D eigenvalue weighted by Crippen LogP contribution is -2.24. The molecule has 0 atom stereocenters. The minimum Gasteiger partial charge on any atom is -0.352 e. The Labute approximate surface area is 180 Å². The van der Waals surface area contributed by atoms with E-state index in [0.717, 1.165) is 55.4 Å². The summed E-state index contributed by atoms with van der Waals surface area (Å²) in [7, 11) is 0. The van der Waals surface area contributed by atoms with Crippen LogP contribution in [0, 0.1) is 6.92 Å². The van der Waals surface area contributed by atoms with E-state index in [2.05, 4.69) is 41.1 Å². The van der Waals surface area contributed by atoms with Crippen LogP contribution in [-0.2, 0) is 13.0 Å². The lowest BCUT2D eigenvalue weighted by Gasteiger charge is -2.09. The smallest absolute Gasteiger partial charge is 0.251 e. The van der Waals surface area contributed by atoms with Crippen LogP contribution in [0.15, 0.2) is 48.5 Å². The first-order valence-electron chi connectivity index (χ1n) is 11.5. The Hall–Kier alpha value is -2.62. The highest BCUT2D eigenvalue weighted by molar-refractivity contribution is 5.94. The molecule has 160 valence electrons. The van der Waals surface area contributed by atoms with Crippen LogP contribution in [0.1, 0.15) is 73.6 Å². The van der Waals surface area contributed by atoms with Crippen molar-refractivity contribution < 1.29 is 4.79 Å². The first-order chi connectivity index (χ1) is 14.7. The summed E-state index contributed by atoms with van der Waals surface area (Å²) in [6.45, 7) is 6.04. The maximum absolute atomic E-state index is 12.2. The van der Waals surface area contributed by atoms with Gasteiger partial charge in [0, 0.05) is 25.1 Å². The zero-order valence-corrected chi connectivity index (χ0v) is 18.5. The lowest BCUT2D eigenvalue weighted by atomic mass is 10.1. The van der Waals surface area contributed by atoms with E-state index in [9.17, 15) is 4.79 Å². The molecule has 0 aliphatic heterocycles. The average Bonchev–Trinajstić information content (AvgIpc) is 3.11. The van der Waals surface area contributed by atoms with E-state index < -0.39 is 0 Å². The highest BCUT2D eigenvalue weighted by atomic mass is 16.1. The standard InChI is InChI=1S/C26H35N3O/c1-3-4-5-11-19-29-24-16-9-8-15-23(24)28-25(29)17-7-6-10-18-27-26(30)22-14-12-13-21(2)20-22/h8-9,12-16,20H,3-7,10-11,17-19H2,1-2H3,(H,27,30). The lowest BCUT2D eigenvalue weighted by molar-refractivity contribution is 0.0953. The molecule has 4 heteroatoms. The molecule has 1 heterocycles. The van der Waals surface area contributed by atoms with Crippen molar-refractivity contribution in [3.63, 3.8) is 0 Å². The van der Waals surface area contributed by atoms with Gasteiger partial charge in [-0.15, -0.1) is 0 Å². The number of nitrogens with zero attached hydrogens (tertiary/aromatic N) is 2. The Bertz CT molecular complexity index is 944. The number of nitrogens with one attached hydrogen (secondary N) is 1. The highest BCUT2D eigenvalue weighted by Crippen LogP contribution is 2.19. The number of imidazole rings is 1. The first-order valence-corrected chi connectivity index (χ1v) is 11.5. The summed E-state index contributed by atoms with van der Waals surface area (Å²) in [5, 5.41) is 3.04. The summed E-state index contributed by atoms with van der Waals surface area (Å²) >= 11 is 0. The van der Waals surface area contributed by atoms with Crippen molar-refractivity contribution in [2.24, 2.45) is 0 Å². The van der Waals surface area contributed by atoms with Gasteiger partial charge in [-0.05, 0) is 50.5 Å². The molecule has 1 amide bonds. The maximum Gasteiger partial charge on any atom is 0.251 e. The summed E-state index contributed by atoms with van der Waals surface area (Å²) in [5.41, 5.74) is 4.22. The molecule has 0 radical (unpaired) electrons. The number of benzene rings is 2. The number of unbranched alkanes of at least 4 members (excludes halogenated alkanes) is 5. The second kappa shape index (κ2) is 11.5. The summed E-state index contributed by atoms with van der Waals surface area (Å²) in [6, 6.07) is 16.2. The van der Waals surface area contributed by atoms with Crippen LogP contribution >= 0.6 is 0 Å². The van der Waals surface area contributed by atoms with Gasteiger partial charge in [0.2, 0.25) is 0 Å². The summed E-state index contributed by atoms with van der Waals surface area (Å²) in [5.74, 6) is 1.23. The minimum absolute atomic E-state index is 0.0209. The average molecular weight is 406 g/mol. The molecule has 0 fully saturated rings. The molecule has 1 N–H and O–H groups in total. The minimum atomic E-state index is 0.0209. The summed E-state index contributed by atoms with van der Waals surface area (Å²) < 4.78 is 2.42. The van der Waals surface area contributed by atoms with Crippen LogP contribution in [0.2, 0.25) is 0 Å². The Kier molecular flexibility index (Phi) is 8.49.